The zero-order valence-corrected chi connectivity index (χ0v) is 18.4. The van der Waals surface area contributed by atoms with Crippen LogP contribution in [0.2, 0.25) is 10.0 Å². The predicted octanol–water partition coefficient (Wildman–Crippen LogP) is 6.80. The fourth-order valence-corrected chi connectivity index (χ4v) is 3.86. The maximum absolute atomic E-state index is 13.5. The standard InChI is InChI=1S/C23H20Cl2F3NO3/c1-12(23(26,27)28)21(14-4-7-16(24)8-5-14)22(32)29-19-10-15(6-9-18(19)25)17(11-20(30)31)13-2-3-13/h2,4-10,12,17,21H,3,11H2,1H3,(H,29,32)(H,30,31)/t12-,17+,21+/m1/s1. The van der Waals surface area contributed by atoms with Crippen LogP contribution in [0.25, 0.3) is 0 Å². The molecule has 2 aromatic carbocycles. The summed E-state index contributed by atoms with van der Waals surface area (Å²) in [5.41, 5.74) is 1.86. The Bertz CT molecular complexity index is 1050. The molecule has 170 valence electrons. The average Bonchev–Trinajstić information content (AvgIpc) is 3.54. The molecule has 3 atom stereocenters. The van der Waals surface area contributed by atoms with Crippen molar-refractivity contribution >= 4 is 40.8 Å². The maximum atomic E-state index is 13.5. The van der Waals surface area contributed by atoms with Crippen LogP contribution in [0.15, 0.2) is 54.1 Å². The van der Waals surface area contributed by atoms with E-state index in [-0.39, 0.29) is 28.6 Å². The first kappa shape index (κ1) is 24.1. The number of amides is 1. The highest BCUT2D eigenvalue weighted by Crippen LogP contribution is 2.41. The third-order valence-electron chi connectivity index (χ3n) is 5.44. The van der Waals surface area contributed by atoms with E-state index in [1.165, 1.54) is 36.4 Å². The molecule has 1 amide bonds. The van der Waals surface area contributed by atoms with Gasteiger partial charge in [0, 0.05) is 10.9 Å². The number of hydrogen-bond donors (Lipinski definition) is 2. The van der Waals surface area contributed by atoms with Gasteiger partial charge >= 0.3 is 12.1 Å². The molecule has 9 heteroatoms. The number of carbonyl (C=O) groups is 2. The van der Waals surface area contributed by atoms with Gasteiger partial charge in [-0.15, -0.1) is 0 Å². The minimum Gasteiger partial charge on any atom is -0.481 e. The number of allylic oxidation sites excluding steroid dienone is 2. The van der Waals surface area contributed by atoms with Crippen LogP contribution in [0.4, 0.5) is 18.9 Å². The molecule has 0 radical (unpaired) electrons. The van der Waals surface area contributed by atoms with E-state index in [0.29, 0.717) is 17.0 Å². The van der Waals surface area contributed by atoms with Crippen LogP contribution in [0.3, 0.4) is 0 Å². The highest BCUT2D eigenvalue weighted by molar-refractivity contribution is 6.33. The number of carbonyl (C=O) groups excluding carboxylic acids is 1. The Morgan fingerprint density at radius 1 is 1.09 bits per heavy atom. The number of nitrogens with one attached hydrogen (secondary N) is 1. The number of benzene rings is 2. The molecule has 4 nitrogen and oxygen atoms in total. The molecule has 0 saturated heterocycles. The molecule has 0 heterocycles. The number of anilines is 1. The highest BCUT2D eigenvalue weighted by Gasteiger charge is 2.45. The molecule has 0 unspecified atom stereocenters. The number of rotatable bonds is 8. The molecule has 0 aromatic heterocycles. The normalized spacial score (nSPS) is 16.0. The molecule has 0 bridgehead atoms. The van der Waals surface area contributed by atoms with Crippen LogP contribution in [-0.4, -0.2) is 23.2 Å². The van der Waals surface area contributed by atoms with Gasteiger partial charge in [0.25, 0.3) is 0 Å². The van der Waals surface area contributed by atoms with E-state index in [4.69, 9.17) is 23.2 Å². The van der Waals surface area contributed by atoms with Crippen molar-refractivity contribution in [2.24, 2.45) is 5.92 Å². The molecule has 0 spiro atoms. The zero-order chi connectivity index (χ0) is 23.6. The fraction of sp³-hybridized carbons (Fsp3) is 0.304. The first-order valence-corrected chi connectivity index (χ1v) is 10.6. The molecule has 32 heavy (non-hydrogen) atoms. The Morgan fingerprint density at radius 3 is 2.22 bits per heavy atom. The van der Waals surface area contributed by atoms with Gasteiger partial charge in [0.2, 0.25) is 5.91 Å². The van der Waals surface area contributed by atoms with Gasteiger partial charge in [0.1, 0.15) is 0 Å². The van der Waals surface area contributed by atoms with Gasteiger partial charge in [-0.2, -0.15) is 13.2 Å². The molecule has 2 aromatic rings. The largest absolute Gasteiger partial charge is 0.481 e. The molecule has 0 aliphatic heterocycles. The van der Waals surface area contributed by atoms with Gasteiger partial charge in [-0.1, -0.05) is 60.0 Å². The first-order valence-electron chi connectivity index (χ1n) is 9.80. The second kappa shape index (κ2) is 9.55. The summed E-state index contributed by atoms with van der Waals surface area (Å²) in [6.45, 7) is 0.944. The van der Waals surface area contributed by atoms with Crippen LogP contribution < -0.4 is 5.32 Å². The van der Waals surface area contributed by atoms with E-state index in [1.54, 1.807) is 6.07 Å². The van der Waals surface area contributed by atoms with E-state index in [1.807, 2.05) is 6.08 Å². The Hall–Kier alpha value is -2.51. The Kier molecular flexibility index (Phi) is 7.20. The summed E-state index contributed by atoms with van der Waals surface area (Å²) in [5.74, 6) is -5.75. The van der Waals surface area contributed by atoms with Crippen molar-refractivity contribution in [3.63, 3.8) is 0 Å². The van der Waals surface area contributed by atoms with Crippen LogP contribution in [0, 0.1) is 5.92 Å². The van der Waals surface area contributed by atoms with Gasteiger partial charge in [-0.25, -0.2) is 0 Å². The first-order chi connectivity index (χ1) is 15.0. The molecule has 2 N–H and O–H groups in total. The second-order valence-corrected chi connectivity index (χ2v) is 8.57. The number of hydrogen-bond acceptors (Lipinski definition) is 2. The minimum absolute atomic E-state index is 0.124. The van der Waals surface area contributed by atoms with Crippen molar-refractivity contribution in [2.75, 3.05) is 5.32 Å². The summed E-state index contributed by atoms with van der Waals surface area (Å²) >= 11 is 12.0. The smallest absolute Gasteiger partial charge is 0.392 e. The van der Waals surface area contributed by atoms with Crippen LogP contribution in [0.5, 0.6) is 0 Å². The Morgan fingerprint density at radius 2 is 1.69 bits per heavy atom. The van der Waals surface area contributed by atoms with Crippen molar-refractivity contribution < 1.29 is 27.9 Å². The van der Waals surface area contributed by atoms with Gasteiger partial charge in [-0.05, 0) is 41.8 Å². The second-order valence-electron chi connectivity index (χ2n) is 7.72. The summed E-state index contributed by atoms with van der Waals surface area (Å²) in [4.78, 5) is 24.3. The summed E-state index contributed by atoms with van der Waals surface area (Å²) in [6.07, 6.45) is -2.15. The van der Waals surface area contributed by atoms with E-state index >= 15 is 0 Å². The van der Waals surface area contributed by atoms with Crippen molar-refractivity contribution in [1.29, 1.82) is 0 Å². The van der Waals surface area contributed by atoms with Crippen molar-refractivity contribution in [3.8, 4) is 0 Å². The van der Waals surface area contributed by atoms with E-state index in [2.05, 4.69) is 5.32 Å². The summed E-state index contributed by atoms with van der Waals surface area (Å²) < 4.78 is 40.6. The topological polar surface area (TPSA) is 66.4 Å². The number of aliphatic carboxylic acids is 1. The monoisotopic (exact) mass is 485 g/mol. The van der Waals surface area contributed by atoms with Gasteiger partial charge in [0.15, 0.2) is 0 Å². The quantitative estimate of drug-likeness (QED) is 0.404. The van der Waals surface area contributed by atoms with Crippen LogP contribution in [0.1, 0.15) is 42.7 Å². The number of carboxylic acid groups (broad SMARTS) is 1. The van der Waals surface area contributed by atoms with Gasteiger partial charge < -0.3 is 10.4 Å². The zero-order valence-electron chi connectivity index (χ0n) is 16.9. The summed E-state index contributed by atoms with van der Waals surface area (Å²) in [5, 5.41) is 12.2. The molecule has 3 rings (SSSR count). The number of alkyl halides is 3. The molecular weight excluding hydrogens is 466 g/mol. The maximum Gasteiger partial charge on any atom is 0.392 e. The lowest BCUT2D eigenvalue weighted by atomic mass is 9.85. The van der Waals surface area contributed by atoms with Crippen molar-refractivity contribution in [3.05, 3.63) is 75.3 Å². The minimum atomic E-state index is -4.61. The fourth-order valence-electron chi connectivity index (χ4n) is 3.57. The van der Waals surface area contributed by atoms with E-state index in [0.717, 1.165) is 12.5 Å². The van der Waals surface area contributed by atoms with E-state index in [9.17, 15) is 27.9 Å². The molecule has 0 saturated carbocycles. The van der Waals surface area contributed by atoms with Crippen molar-refractivity contribution in [1.82, 2.24) is 0 Å². The van der Waals surface area contributed by atoms with Gasteiger partial charge in [0.05, 0.1) is 29.0 Å². The number of carboxylic acids is 1. The Balaban J connectivity index is 1.92. The lowest BCUT2D eigenvalue weighted by Gasteiger charge is -2.26. The Labute approximate surface area is 193 Å². The lowest BCUT2D eigenvalue weighted by Crippen LogP contribution is -2.34. The molecule has 0 fully saturated rings. The molecule has 1 aliphatic carbocycles. The predicted molar refractivity (Wildman–Crippen MR) is 117 cm³/mol. The summed E-state index contributed by atoms with van der Waals surface area (Å²) in [6, 6.07) is 10.3. The molecule has 1 aliphatic rings. The van der Waals surface area contributed by atoms with Crippen LogP contribution >= 0.6 is 23.2 Å². The van der Waals surface area contributed by atoms with Crippen molar-refractivity contribution in [2.45, 2.75) is 37.8 Å². The average molecular weight is 486 g/mol. The molecular formula is C23H20Cl2F3NO3. The lowest BCUT2D eigenvalue weighted by molar-refractivity contribution is -0.178. The third-order valence-corrected chi connectivity index (χ3v) is 6.03. The number of halogens is 5. The third kappa shape index (κ3) is 5.84. The van der Waals surface area contributed by atoms with Crippen LogP contribution in [-0.2, 0) is 9.59 Å². The van der Waals surface area contributed by atoms with E-state index < -0.39 is 29.9 Å². The highest BCUT2D eigenvalue weighted by atomic mass is 35.5. The van der Waals surface area contributed by atoms with Gasteiger partial charge in [-0.3, -0.25) is 9.59 Å². The summed E-state index contributed by atoms with van der Waals surface area (Å²) in [7, 11) is 0. The SMILES string of the molecule is C[C@H]([C@H](C(=O)Nc1cc([C@@H](CC(=O)O)C2=CC2)ccc1Cl)c1ccc(Cl)cc1)C(F)(F)F.